The summed E-state index contributed by atoms with van der Waals surface area (Å²) >= 11 is 0. The molecule has 1 aromatic rings. The zero-order valence-electron chi connectivity index (χ0n) is 10.9. The van der Waals surface area contributed by atoms with Gasteiger partial charge in [-0.15, -0.1) is 0 Å². The molecular formula is C16H22O. The number of rotatable bonds is 5. The van der Waals surface area contributed by atoms with Crippen LogP contribution in [0.3, 0.4) is 0 Å². The van der Waals surface area contributed by atoms with Crippen LogP contribution < -0.4 is 0 Å². The van der Waals surface area contributed by atoms with Crippen molar-refractivity contribution in [2.45, 2.75) is 51.9 Å². The maximum absolute atomic E-state index is 12.2. The van der Waals surface area contributed by atoms with E-state index < -0.39 is 0 Å². The SMILES string of the molecule is CC(C)CCCC(=O)C1CCc2ccccc21. The summed E-state index contributed by atoms with van der Waals surface area (Å²) in [4.78, 5) is 12.2. The van der Waals surface area contributed by atoms with Crippen LogP contribution in [-0.2, 0) is 11.2 Å². The lowest BCUT2D eigenvalue weighted by Gasteiger charge is -2.11. The van der Waals surface area contributed by atoms with Crippen molar-refractivity contribution < 1.29 is 4.79 Å². The van der Waals surface area contributed by atoms with Crippen LogP contribution in [0.5, 0.6) is 0 Å². The molecule has 0 aliphatic heterocycles. The Morgan fingerprint density at radius 1 is 1.35 bits per heavy atom. The number of benzene rings is 1. The third-order valence-electron chi connectivity index (χ3n) is 3.73. The number of fused-ring (bicyclic) bond motifs is 1. The van der Waals surface area contributed by atoms with Gasteiger partial charge in [-0.25, -0.2) is 0 Å². The molecule has 2 rings (SSSR count). The van der Waals surface area contributed by atoms with Crippen LogP contribution in [0.2, 0.25) is 0 Å². The molecule has 0 aromatic heterocycles. The average Bonchev–Trinajstić information content (AvgIpc) is 2.72. The monoisotopic (exact) mass is 230 g/mol. The van der Waals surface area contributed by atoms with E-state index in [1.54, 1.807) is 0 Å². The zero-order chi connectivity index (χ0) is 12.3. The number of hydrogen-bond donors (Lipinski definition) is 0. The Kier molecular flexibility index (Phi) is 3.98. The van der Waals surface area contributed by atoms with Crippen molar-refractivity contribution >= 4 is 5.78 Å². The summed E-state index contributed by atoms with van der Waals surface area (Å²) in [6, 6.07) is 8.42. The van der Waals surface area contributed by atoms with Gasteiger partial charge in [0, 0.05) is 12.3 Å². The molecule has 1 nitrogen and oxygen atoms in total. The van der Waals surface area contributed by atoms with Gasteiger partial charge in [0.25, 0.3) is 0 Å². The van der Waals surface area contributed by atoms with E-state index in [4.69, 9.17) is 0 Å². The normalized spacial score (nSPS) is 18.4. The van der Waals surface area contributed by atoms with E-state index in [1.807, 2.05) is 0 Å². The molecule has 0 radical (unpaired) electrons. The fourth-order valence-corrected chi connectivity index (χ4v) is 2.75. The minimum atomic E-state index is 0.193. The molecule has 1 atom stereocenters. The Morgan fingerprint density at radius 3 is 2.88 bits per heavy atom. The van der Waals surface area contributed by atoms with Crippen molar-refractivity contribution in [3.05, 3.63) is 35.4 Å². The van der Waals surface area contributed by atoms with Gasteiger partial charge in [-0.2, -0.15) is 0 Å². The first-order valence-electron chi connectivity index (χ1n) is 6.79. The number of Topliss-reactive ketones (excluding diaryl/α,β-unsaturated/α-hetero) is 1. The van der Waals surface area contributed by atoms with E-state index >= 15 is 0 Å². The number of ketones is 1. The summed E-state index contributed by atoms with van der Waals surface area (Å²) in [5.41, 5.74) is 2.68. The van der Waals surface area contributed by atoms with Gasteiger partial charge >= 0.3 is 0 Å². The largest absolute Gasteiger partial charge is 0.299 e. The summed E-state index contributed by atoms with van der Waals surface area (Å²) in [5.74, 6) is 1.35. The molecule has 0 spiro atoms. The second-order valence-electron chi connectivity index (χ2n) is 5.54. The molecule has 92 valence electrons. The first-order valence-corrected chi connectivity index (χ1v) is 6.79. The number of carbonyl (C=O) groups is 1. The minimum absolute atomic E-state index is 0.193. The van der Waals surface area contributed by atoms with Crippen molar-refractivity contribution in [1.82, 2.24) is 0 Å². The molecule has 1 heteroatoms. The number of carbonyl (C=O) groups excluding carboxylic acids is 1. The first-order chi connectivity index (χ1) is 8.18. The maximum atomic E-state index is 12.2. The molecule has 1 aliphatic rings. The van der Waals surface area contributed by atoms with E-state index in [2.05, 4.69) is 38.1 Å². The van der Waals surface area contributed by atoms with Gasteiger partial charge < -0.3 is 0 Å². The Hall–Kier alpha value is -1.11. The molecule has 0 heterocycles. The zero-order valence-corrected chi connectivity index (χ0v) is 10.9. The average molecular weight is 230 g/mol. The van der Waals surface area contributed by atoms with Gasteiger partial charge in [-0.3, -0.25) is 4.79 Å². The van der Waals surface area contributed by atoms with Crippen LogP contribution in [0, 0.1) is 5.92 Å². The second-order valence-corrected chi connectivity index (χ2v) is 5.54. The second kappa shape index (κ2) is 5.48. The van der Waals surface area contributed by atoms with Gasteiger partial charge in [-0.1, -0.05) is 44.5 Å². The topological polar surface area (TPSA) is 17.1 Å². The Balaban J connectivity index is 1.93. The molecule has 0 fully saturated rings. The summed E-state index contributed by atoms with van der Waals surface area (Å²) in [6.07, 6.45) is 5.09. The molecular weight excluding hydrogens is 208 g/mol. The van der Waals surface area contributed by atoms with Crippen LogP contribution in [0.4, 0.5) is 0 Å². The molecule has 0 N–H and O–H groups in total. The predicted octanol–water partition coefficient (Wildman–Crippen LogP) is 4.11. The highest BCUT2D eigenvalue weighted by molar-refractivity contribution is 5.86. The quantitative estimate of drug-likeness (QED) is 0.744. The van der Waals surface area contributed by atoms with E-state index in [-0.39, 0.29) is 5.92 Å². The molecule has 17 heavy (non-hydrogen) atoms. The van der Waals surface area contributed by atoms with E-state index in [9.17, 15) is 4.79 Å². The summed E-state index contributed by atoms with van der Waals surface area (Å²) in [6.45, 7) is 4.44. The molecule has 0 bridgehead atoms. The van der Waals surface area contributed by atoms with Gasteiger partial charge in [-0.05, 0) is 36.3 Å². The third-order valence-corrected chi connectivity index (χ3v) is 3.73. The number of aryl methyl sites for hydroxylation is 1. The highest BCUT2D eigenvalue weighted by atomic mass is 16.1. The number of hydrogen-bond acceptors (Lipinski definition) is 1. The van der Waals surface area contributed by atoms with Crippen molar-refractivity contribution in [2.75, 3.05) is 0 Å². The standard InChI is InChI=1S/C16H22O/c1-12(2)6-5-9-16(17)15-11-10-13-7-3-4-8-14(13)15/h3-4,7-8,12,15H,5-6,9-11H2,1-2H3. The van der Waals surface area contributed by atoms with Crippen LogP contribution in [0.15, 0.2) is 24.3 Å². The molecule has 1 unspecified atom stereocenters. The molecule has 0 saturated heterocycles. The van der Waals surface area contributed by atoms with E-state index in [0.29, 0.717) is 11.7 Å². The van der Waals surface area contributed by atoms with Crippen molar-refractivity contribution in [3.8, 4) is 0 Å². The lowest BCUT2D eigenvalue weighted by Crippen LogP contribution is -2.09. The Labute approximate surface area is 104 Å². The fourth-order valence-electron chi connectivity index (χ4n) is 2.75. The third kappa shape index (κ3) is 2.96. The van der Waals surface area contributed by atoms with Gasteiger partial charge in [0.05, 0.1) is 0 Å². The molecule has 0 amide bonds. The van der Waals surface area contributed by atoms with Crippen molar-refractivity contribution in [2.24, 2.45) is 5.92 Å². The first kappa shape index (κ1) is 12.3. The fraction of sp³-hybridized carbons (Fsp3) is 0.562. The van der Waals surface area contributed by atoms with E-state index in [0.717, 1.165) is 25.7 Å². The van der Waals surface area contributed by atoms with Crippen LogP contribution in [-0.4, -0.2) is 5.78 Å². The van der Waals surface area contributed by atoms with Gasteiger partial charge in [0.2, 0.25) is 0 Å². The highest BCUT2D eigenvalue weighted by Gasteiger charge is 2.27. The molecule has 1 aliphatic carbocycles. The van der Waals surface area contributed by atoms with Crippen molar-refractivity contribution in [1.29, 1.82) is 0 Å². The predicted molar refractivity (Wildman–Crippen MR) is 71.2 cm³/mol. The van der Waals surface area contributed by atoms with Gasteiger partial charge in [0.1, 0.15) is 5.78 Å². The van der Waals surface area contributed by atoms with Gasteiger partial charge in [0.15, 0.2) is 0 Å². The summed E-state index contributed by atoms with van der Waals surface area (Å²) in [7, 11) is 0. The summed E-state index contributed by atoms with van der Waals surface area (Å²) < 4.78 is 0. The van der Waals surface area contributed by atoms with E-state index in [1.165, 1.54) is 17.5 Å². The maximum Gasteiger partial charge on any atom is 0.140 e. The smallest absolute Gasteiger partial charge is 0.140 e. The van der Waals surface area contributed by atoms with Crippen LogP contribution in [0.1, 0.15) is 56.6 Å². The highest BCUT2D eigenvalue weighted by Crippen LogP contribution is 2.34. The molecule has 1 aromatic carbocycles. The van der Waals surface area contributed by atoms with Crippen molar-refractivity contribution in [3.63, 3.8) is 0 Å². The van der Waals surface area contributed by atoms with Crippen LogP contribution >= 0.6 is 0 Å². The lowest BCUT2D eigenvalue weighted by molar-refractivity contribution is -0.120. The Morgan fingerprint density at radius 2 is 2.12 bits per heavy atom. The Bertz CT molecular complexity index is 392. The van der Waals surface area contributed by atoms with Crippen LogP contribution in [0.25, 0.3) is 0 Å². The minimum Gasteiger partial charge on any atom is -0.299 e. The molecule has 0 saturated carbocycles. The lowest BCUT2D eigenvalue weighted by atomic mass is 9.92. The summed E-state index contributed by atoms with van der Waals surface area (Å²) in [5, 5.41) is 0.